The number of nitrogens with one attached hydrogen (secondary N) is 2. The van der Waals surface area contributed by atoms with Gasteiger partial charge in [-0.15, -0.1) is 10.2 Å². The van der Waals surface area contributed by atoms with Crippen LogP contribution in [-0.2, 0) is 16.0 Å². The van der Waals surface area contributed by atoms with Gasteiger partial charge in [0, 0.05) is 16.8 Å². The first-order valence-electron chi connectivity index (χ1n) is 11.5. The van der Waals surface area contributed by atoms with Crippen LogP contribution in [0.5, 0.6) is 0 Å². The van der Waals surface area contributed by atoms with Gasteiger partial charge in [-0.3, -0.25) is 24.4 Å². The van der Waals surface area contributed by atoms with Crippen molar-refractivity contribution in [2.75, 3.05) is 5.32 Å². The van der Waals surface area contributed by atoms with Crippen LogP contribution in [0.4, 0.5) is 5.69 Å². The van der Waals surface area contributed by atoms with E-state index in [-0.39, 0.29) is 18.7 Å². The molecule has 2 amide bonds. The number of aromatic nitrogens is 3. The summed E-state index contributed by atoms with van der Waals surface area (Å²) >= 11 is 0. The molecule has 2 heterocycles. The number of benzene rings is 3. The third kappa shape index (κ3) is 4.64. The highest BCUT2D eigenvalue weighted by molar-refractivity contribution is 6.15. The Morgan fingerprint density at radius 3 is 2.39 bits per heavy atom. The van der Waals surface area contributed by atoms with Crippen molar-refractivity contribution in [3.63, 3.8) is 0 Å². The lowest BCUT2D eigenvalue weighted by Crippen LogP contribution is -2.20. The SMILES string of the molecule is Cc1nnc2n1-c1ccccc1C(c1ccccc1)=N[C@H]2CC(=O)Nc1ccc(CC(=O)NO)cc1. The molecule has 36 heavy (non-hydrogen) atoms. The lowest BCUT2D eigenvalue weighted by Gasteiger charge is -2.13. The van der Waals surface area contributed by atoms with Crippen LogP contribution in [-0.4, -0.2) is 37.5 Å². The van der Waals surface area contributed by atoms with Gasteiger partial charge in [0.05, 0.1) is 24.2 Å². The highest BCUT2D eigenvalue weighted by atomic mass is 16.5. The summed E-state index contributed by atoms with van der Waals surface area (Å²) in [6.07, 6.45) is 0.108. The van der Waals surface area contributed by atoms with E-state index in [1.165, 1.54) is 0 Å². The summed E-state index contributed by atoms with van der Waals surface area (Å²) in [7, 11) is 0. The van der Waals surface area contributed by atoms with Gasteiger partial charge in [-0.1, -0.05) is 60.7 Å². The van der Waals surface area contributed by atoms with Gasteiger partial charge < -0.3 is 5.32 Å². The molecule has 4 aromatic rings. The van der Waals surface area contributed by atoms with Crippen LogP contribution >= 0.6 is 0 Å². The van der Waals surface area contributed by atoms with Crippen LogP contribution in [0.25, 0.3) is 5.69 Å². The number of carbonyl (C=O) groups excluding carboxylic acids is 2. The zero-order chi connectivity index (χ0) is 25.1. The second-order valence-electron chi connectivity index (χ2n) is 8.48. The fourth-order valence-corrected chi connectivity index (χ4v) is 4.33. The summed E-state index contributed by atoms with van der Waals surface area (Å²) < 4.78 is 1.97. The summed E-state index contributed by atoms with van der Waals surface area (Å²) in [5.41, 5.74) is 6.52. The molecule has 0 saturated heterocycles. The number of hydroxylamine groups is 1. The fourth-order valence-electron chi connectivity index (χ4n) is 4.33. The standard InChI is InChI=1S/C27H24N6O3/c1-17-30-31-27-22(16-24(34)28-20-13-11-18(12-14-20)15-25(35)32-36)29-26(19-7-3-2-4-8-19)21-9-5-6-10-23(21)33(17)27/h2-14,22,36H,15-16H2,1H3,(H,28,34)(H,32,35)/t22-/m0/s1. The molecule has 9 nitrogen and oxygen atoms in total. The lowest BCUT2D eigenvalue weighted by atomic mass is 10.0. The Bertz CT molecular complexity index is 1440. The second kappa shape index (κ2) is 9.93. The van der Waals surface area contributed by atoms with Crippen molar-refractivity contribution in [2.24, 2.45) is 4.99 Å². The van der Waals surface area contributed by atoms with Crippen molar-refractivity contribution in [3.8, 4) is 5.69 Å². The molecular formula is C27H24N6O3. The third-order valence-corrected chi connectivity index (χ3v) is 5.99. The van der Waals surface area contributed by atoms with Crippen molar-refractivity contribution in [1.29, 1.82) is 0 Å². The molecule has 0 radical (unpaired) electrons. The summed E-state index contributed by atoms with van der Waals surface area (Å²) in [6.45, 7) is 1.89. The molecule has 0 unspecified atom stereocenters. The molecule has 9 heteroatoms. The number of rotatable bonds is 6. The molecule has 0 fully saturated rings. The smallest absolute Gasteiger partial charge is 0.247 e. The first-order chi connectivity index (χ1) is 17.5. The Morgan fingerprint density at radius 1 is 0.917 bits per heavy atom. The molecule has 0 spiro atoms. The molecule has 1 aliphatic heterocycles. The predicted molar refractivity (Wildman–Crippen MR) is 134 cm³/mol. The average molecular weight is 481 g/mol. The number of anilines is 1. The maximum absolute atomic E-state index is 13.1. The van der Waals surface area contributed by atoms with E-state index in [1.54, 1.807) is 29.7 Å². The van der Waals surface area contributed by atoms with Gasteiger partial charge in [0.25, 0.3) is 0 Å². The number of hydrogen-bond acceptors (Lipinski definition) is 6. The number of aliphatic imine (C=N–C) groups is 1. The Labute approximate surface area is 207 Å². The van der Waals surface area contributed by atoms with Crippen LogP contribution < -0.4 is 10.8 Å². The van der Waals surface area contributed by atoms with Crippen LogP contribution in [0, 0.1) is 6.92 Å². The van der Waals surface area contributed by atoms with Gasteiger partial charge in [-0.05, 0) is 30.7 Å². The predicted octanol–water partition coefficient (Wildman–Crippen LogP) is 3.54. The first kappa shape index (κ1) is 23.1. The Hall–Kier alpha value is -4.63. The van der Waals surface area contributed by atoms with E-state index in [9.17, 15) is 9.59 Å². The van der Waals surface area contributed by atoms with Crippen molar-refractivity contribution in [3.05, 3.63) is 107 Å². The maximum Gasteiger partial charge on any atom is 0.247 e. The molecule has 1 aliphatic rings. The average Bonchev–Trinajstić information content (AvgIpc) is 3.22. The highest BCUT2D eigenvalue weighted by Gasteiger charge is 2.29. The van der Waals surface area contributed by atoms with Gasteiger partial charge in [-0.2, -0.15) is 0 Å². The third-order valence-electron chi connectivity index (χ3n) is 5.99. The second-order valence-corrected chi connectivity index (χ2v) is 8.48. The van der Waals surface area contributed by atoms with E-state index in [0.29, 0.717) is 17.1 Å². The number of amides is 2. The van der Waals surface area contributed by atoms with E-state index in [4.69, 9.17) is 10.2 Å². The number of para-hydroxylation sites is 1. The van der Waals surface area contributed by atoms with Crippen molar-refractivity contribution in [1.82, 2.24) is 20.2 Å². The van der Waals surface area contributed by atoms with Crippen LogP contribution in [0.15, 0.2) is 83.9 Å². The molecule has 3 N–H and O–H groups in total. The molecule has 1 atom stereocenters. The topological polar surface area (TPSA) is 122 Å². The minimum atomic E-state index is -0.554. The molecular weight excluding hydrogens is 456 g/mol. The largest absolute Gasteiger partial charge is 0.326 e. The number of carbonyl (C=O) groups is 2. The quantitative estimate of drug-likeness (QED) is 0.288. The van der Waals surface area contributed by atoms with Crippen molar-refractivity contribution in [2.45, 2.75) is 25.8 Å². The van der Waals surface area contributed by atoms with Gasteiger partial charge in [-0.25, -0.2) is 5.48 Å². The molecule has 0 saturated carbocycles. The van der Waals surface area contributed by atoms with Crippen LogP contribution in [0.3, 0.4) is 0 Å². The number of aryl methyl sites for hydroxylation is 1. The van der Waals surface area contributed by atoms with E-state index in [1.807, 2.05) is 66.1 Å². The van der Waals surface area contributed by atoms with Crippen LogP contribution in [0.2, 0.25) is 0 Å². The Balaban J connectivity index is 1.46. The number of nitrogens with zero attached hydrogens (tertiary/aromatic N) is 4. The number of fused-ring (bicyclic) bond motifs is 3. The zero-order valence-corrected chi connectivity index (χ0v) is 19.5. The number of hydrogen-bond donors (Lipinski definition) is 3. The lowest BCUT2D eigenvalue weighted by molar-refractivity contribution is -0.128. The van der Waals surface area contributed by atoms with Crippen molar-refractivity contribution < 1.29 is 14.8 Å². The molecule has 5 rings (SSSR count). The summed E-state index contributed by atoms with van der Waals surface area (Å²) in [5, 5.41) is 20.3. The minimum Gasteiger partial charge on any atom is -0.326 e. The monoisotopic (exact) mass is 480 g/mol. The van der Waals surface area contributed by atoms with Gasteiger partial charge in [0.1, 0.15) is 11.9 Å². The molecule has 0 bridgehead atoms. The Kier molecular flexibility index (Phi) is 6.38. The van der Waals surface area contributed by atoms with E-state index < -0.39 is 11.9 Å². The van der Waals surface area contributed by atoms with Gasteiger partial charge in [0.15, 0.2) is 5.82 Å². The van der Waals surface area contributed by atoms with Crippen molar-refractivity contribution >= 4 is 23.2 Å². The van der Waals surface area contributed by atoms with Gasteiger partial charge in [0.2, 0.25) is 11.8 Å². The minimum absolute atomic E-state index is 0.0410. The summed E-state index contributed by atoms with van der Waals surface area (Å²) in [5.74, 6) is 0.587. The normalized spacial score (nSPS) is 14.2. The first-order valence-corrected chi connectivity index (χ1v) is 11.5. The molecule has 3 aromatic carbocycles. The van der Waals surface area contributed by atoms with Gasteiger partial charge >= 0.3 is 0 Å². The summed E-state index contributed by atoms with van der Waals surface area (Å²) in [6, 6.07) is 24.2. The molecule has 0 aliphatic carbocycles. The highest BCUT2D eigenvalue weighted by Crippen LogP contribution is 2.32. The molecule has 1 aromatic heterocycles. The maximum atomic E-state index is 13.1. The summed E-state index contributed by atoms with van der Waals surface area (Å²) in [4.78, 5) is 29.5. The van der Waals surface area contributed by atoms with E-state index in [0.717, 1.165) is 28.4 Å². The van der Waals surface area contributed by atoms with E-state index >= 15 is 0 Å². The Morgan fingerprint density at radius 2 is 1.64 bits per heavy atom. The van der Waals surface area contributed by atoms with Crippen LogP contribution in [0.1, 0.15) is 40.8 Å². The van der Waals surface area contributed by atoms with E-state index in [2.05, 4.69) is 15.5 Å². The zero-order valence-electron chi connectivity index (χ0n) is 19.5. The fraction of sp³-hybridized carbons (Fsp3) is 0.148. The molecule has 180 valence electrons.